The van der Waals surface area contributed by atoms with E-state index in [9.17, 15) is 0 Å². The molecule has 0 saturated heterocycles. The largest absolute Gasteiger partial charge is 0.330 e. The van der Waals surface area contributed by atoms with Crippen molar-refractivity contribution in [1.82, 2.24) is 0 Å². The van der Waals surface area contributed by atoms with E-state index >= 15 is 0 Å². The van der Waals surface area contributed by atoms with Gasteiger partial charge < -0.3 is 5.73 Å². The minimum Gasteiger partial charge on any atom is -0.330 e. The molecule has 1 atom stereocenters. The van der Waals surface area contributed by atoms with Crippen LogP contribution in [-0.4, -0.2) is 6.54 Å². The highest BCUT2D eigenvalue weighted by atomic mass is 35.5. The van der Waals surface area contributed by atoms with Gasteiger partial charge in [-0.05, 0) is 68.1 Å². The summed E-state index contributed by atoms with van der Waals surface area (Å²) in [5.74, 6) is 0.131. The Bertz CT molecular complexity index is 606. The van der Waals surface area contributed by atoms with Gasteiger partial charge in [-0.1, -0.05) is 47.0 Å². The van der Waals surface area contributed by atoms with Crippen molar-refractivity contribution in [2.75, 3.05) is 6.54 Å². The molecule has 0 aromatic heterocycles. The van der Waals surface area contributed by atoms with Gasteiger partial charge in [-0.25, -0.2) is 0 Å². The fraction of sp³-hybridized carbons (Fsp3) is 0.333. The van der Waals surface area contributed by atoms with Gasteiger partial charge in [0.15, 0.2) is 0 Å². The maximum Gasteiger partial charge on any atom is 0.0456 e. The fourth-order valence-electron chi connectivity index (χ4n) is 2.98. The number of nitrogens with two attached hydrogens (primary N) is 1. The maximum atomic E-state index is 6.33. The minimum absolute atomic E-state index is 0.131. The standard InChI is InChI=1S/C18H21Cl2N/c1-11-7-12(2)15(13(3)8-11)9-14(10-21)18-16(19)5-4-6-17(18)20/h4-8,14H,9-10,21H2,1-3H3. The van der Waals surface area contributed by atoms with Gasteiger partial charge in [0.2, 0.25) is 0 Å². The van der Waals surface area contributed by atoms with E-state index in [-0.39, 0.29) is 5.92 Å². The molecule has 21 heavy (non-hydrogen) atoms. The molecule has 0 amide bonds. The van der Waals surface area contributed by atoms with Gasteiger partial charge in [0, 0.05) is 16.0 Å². The molecule has 112 valence electrons. The van der Waals surface area contributed by atoms with E-state index in [0.717, 1.165) is 12.0 Å². The number of aryl methyl sites for hydroxylation is 3. The summed E-state index contributed by atoms with van der Waals surface area (Å²) in [6, 6.07) is 10.0. The second-order valence-electron chi connectivity index (χ2n) is 5.65. The topological polar surface area (TPSA) is 26.0 Å². The Morgan fingerprint density at radius 2 is 1.52 bits per heavy atom. The van der Waals surface area contributed by atoms with Crippen LogP contribution in [0, 0.1) is 20.8 Å². The number of hydrogen-bond acceptors (Lipinski definition) is 1. The first-order valence-electron chi connectivity index (χ1n) is 7.14. The van der Waals surface area contributed by atoms with Crippen molar-refractivity contribution in [3.05, 3.63) is 68.2 Å². The Labute approximate surface area is 137 Å². The van der Waals surface area contributed by atoms with Gasteiger partial charge in [-0.15, -0.1) is 0 Å². The van der Waals surface area contributed by atoms with Gasteiger partial charge in [0.05, 0.1) is 0 Å². The summed E-state index contributed by atoms with van der Waals surface area (Å²) >= 11 is 12.7. The highest BCUT2D eigenvalue weighted by Crippen LogP contribution is 2.34. The van der Waals surface area contributed by atoms with Crippen LogP contribution in [0.3, 0.4) is 0 Å². The highest BCUT2D eigenvalue weighted by Gasteiger charge is 2.19. The summed E-state index contributed by atoms with van der Waals surface area (Å²) in [7, 11) is 0. The Kier molecular flexibility index (Phi) is 5.32. The SMILES string of the molecule is Cc1cc(C)c(CC(CN)c2c(Cl)cccc2Cl)c(C)c1. The molecule has 0 aliphatic heterocycles. The molecule has 0 fully saturated rings. The number of hydrogen-bond donors (Lipinski definition) is 1. The van der Waals surface area contributed by atoms with Crippen LogP contribution in [-0.2, 0) is 6.42 Å². The summed E-state index contributed by atoms with van der Waals surface area (Å²) in [4.78, 5) is 0. The quantitative estimate of drug-likeness (QED) is 0.822. The molecule has 0 aliphatic rings. The number of rotatable bonds is 4. The number of halogens is 2. The summed E-state index contributed by atoms with van der Waals surface area (Å²) < 4.78 is 0. The monoisotopic (exact) mass is 321 g/mol. The predicted octanol–water partition coefficient (Wildman–Crippen LogP) is 5.20. The van der Waals surface area contributed by atoms with Gasteiger partial charge in [-0.2, -0.15) is 0 Å². The van der Waals surface area contributed by atoms with E-state index in [2.05, 4.69) is 32.9 Å². The third kappa shape index (κ3) is 3.60. The molecule has 1 unspecified atom stereocenters. The lowest BCUT2D eigenvalue weighted by atomic mass is 9.87. The molecular formula is C18H21Cl2N. The maximum absolute atomic E-state index is 6.33. The van der Waals surface area contributed by atoms with E-state index < -0.39 is 0 Å². The molecule has 0 spiro atoms. The second-order valence-corrected chi connectivity index (χ2v) is 6.46. The van der Waals surface area contributed by atoms with E-state index in [4.69, 9.17) is 28.9 Å². The van der Waals surface area contributed by atoms with Crippen molar-refractivity contribution in [3.8, 4) is 0 Å². The van der Waals surface area contributed by atoms with Crippen molar-refractivity contribution in [3.63, 3.8) is 0 Å². The van der Waals surface area contributed by atoms with Crippen LogP contribution in [0.2, 0.25) is 10.0 Å². The molecule has 2 aromatic rings. The van der Waals surface area contributed by atoms with E-state index in [1.165, 1.54) is 22.3 Å². The average Bonchev–Trinajstić information content (AvgIpc) is 2.40. The van der Waals surface area contributed by atoms with Crippen LogP contribution >= 0.6 is 23.2 Å². The molecule has 0 heterocycles. The molecule has 2 aromatic carbocycles. The predicted molar refractivity (Wildman–Crippen MR) is 92.6 cm³/mol. The lowest BCUT2D eigenvalue weighted by molar-refractivity contribution is 0.689. The van der Waals surface area contributed by atoms with Crippen molar-refractivity contribution in [1.29, 1.82) is 0 Å². The van der Waals surface area contributed by atoms with Crippen molar-refractivity contribution in [2.24, 2.45) is 5.73 Å². The van der Waals surface area contributed by atoms with Crippen molar-refractivity contribution >= 4 is 23.2 Å². The molecule has 2 rings (SSSR count). The molecule has 2 N–H and O–H groups in total. The second kappa shape index (κ2) is 6.83. The van der Waals surface area contributed by atoms with Crippen LogP contribution in [0.15, 0.2) is 30.3 Å². The lowest BCUT2D eigenvalue weighted by Gasteiger charge is -2.21. The Balaban J connectivity index is 2.41. The Hall–Kier alpha value is -1.02. The van der Waals surface area contributed by atoms with Crippen LogP contribution in [0.25, 0.3) is 0 Å². The first-order valence-corrected chi connectivity index (χ1v) is 7.90. The molecule has 3 heteroatoms. The summed E-state index contributed by atoms with van der Waals surface area (Å²) in [6.45, 7) is 6.94. The third-order valence-corrected chi connectivity index (χ3v) is 4.64. The zero-order valence-corrected chi connectivity index (χ0v) is 14.2. The number of benzene rings is 2. The Morgan fingerprint density at radius 3 is 2.00 bits per heavy atom. The smallest absolute Gasteiger partial charge is 0.0456 e. The van der Waals surface area contributed by atoms with Crippen LogP contribution in [0.1, 0.15) is 33.7 Å². The van der Waals surface area contributed by atoms with Crippen LogP contribution < -0.4 is 5.73 Å². The van der Waals surface area contributed by atoms with E-state index in [0.29, 0.717) is 16.6 Å². The molecule has 0 saturated carbocycles. The highest BCUT2D eigenvalue weighted by molar-refractivity contribution is 6.36. The molecule has 0 radical (unpaired) electrons. The molecule has 1 nitrogen and oxygen atoms in total. The van der Waals surface area contributed by atoms with Gasteiger partial charge in [0.1, 0.15) is 0 Å². The molecular weight excluding hydrogens is 301 g/mol. The van der Waals surface area contributed by atoms with Crippen molar-refractivity contribution in [2.45, 2.75) is 33.1 Å². The third-order valence-electron chi connectivity index (χ3n) is 3.98. The normalized spacial score (nSPS) is 12.5. The molecule has 0 bridgehead atoms. The van der Waals surface area contributed by atoms with Crippen molar-refractivity contribution < 1.29 is 0 Å². The Morgan fingerprint density at radius 1 is 1.00 bits per heavy atom. The lowest BCUT2D eigenvalue weighted by Crippen LogP contribution is -2.17. The van der Waals surface area contributed by atoms with Gasteiger partial charge in [-0.3, -0.25) is 0 Å². The van der Waals surface area contributed by atoms with Gasteiger partial charge in [0.25, 0.3) is 0 Å². The average molecular weight is 322 g/mol. The minimum atomic E-state index is 0.131. The van der Waals surface area contributed by atoms with Gasteiger partial charge >= 0.3 is 0 Å². The van der Waals surface area contributed by atoms with Crippen LogP contribution in [0.5, 0.6) is 0 Å². The first kappa shape index (κ1) is 16.4. The van der Waals surface area contributed by atoms with E-state index in [1.807, 2.05) is 18.2 Å². The summed E-state index contributed by atoms with van der Waals surface area (Å²) in [5.41, 5.74) is 12.2. The van der Waals surface area contributed by atoms with E-state index in [1.54, 1.807) is 0 Å². The summed E-state index contributed by atoms with van der Waals surface area (Å²) in [5, 5.41) is 1.39. The fourth-order valence-corrected chi connectivity index (χ4v) is 3.69. The zero-order valence-electron chi connectivity index (χ0n) is 12.7. The summed E-state index contributed by atoms with van der Waals surface area (Å²) in [6.07, 6.45) is 0.859. The zero-order chi connectivity index (χ0) is 15.6. The molecule has 0 aliphatic carbocycles. The van der Waals surface area contributed by atoms with Crippen LogP contribution in [0.4, 0.5) is 0 Å². The first-order chi connectivity index (χ1) is 9.93.